The van der Waals surface area contributed by atoms with Gasteiger partial charge in [-0.15, -0.1) is 0 Å². The summed E-state index contributed by atoms with van der Waals surface area (Å²) in [5, 5.41) is 13.5. The summed E-state index contributed by atoms with van der Waals surface area (Å²) in [6.45, 7) is 1.22. The van der Waals surface area contributed by atoms with E-state index in [1.165, 1.54) is 0 Å². The van der Waals surface area contributed by atoms with Gasteiger partial charge in [0.1, 0.15) is 6.04 Å². The van der Waals surface area contributed by atoms with Crippen LogP contribution < -0.4 is 5.32 Å². The maximum Gasteiger partial charge on any atom is 0.320 e. The number of nitrogens with zero attached hydrogens (tertiary/aromatic N) is 1. The first-order chi connectivity index (χ1) is 14.1. The lowest BCUT2D eigenvalue weighted by molar-refractivity contribution is -0.142. The maximum atomic E-state index is 12.6. The summed E-state index contributed by atoms with van der Waals surface area (Å²) < 4.78 is 0. The lowest BCUT2D eigenvalue weighted by Crippen LogP contribution is -2.43. The first-order valence-corrected chi connectivity index (χ1v) is 9.98. The van der Waals surface area contributed by atoms with Crippen LogP contribution in [0.15, 0.2) is 60.8 Å². The number of hydrogen-bond acceptors (Lipinski definition) is 3. The second kappa shape index (κ2) is 8.49. The van der Waals surface area contributed by atoms with Gasteiger partial charge in [-0.2, -0.15) is 0 Å². The van der Waals surface area contributed by atoms with Gasteiger partial charge in [-0.05, 0) is 36.6 Å². The van der Waals surface area contributed by atoms with Crippen LogP contribution in [0, 0.1) is 0 Å². The van der Waals surface area contributed by atoms with E-state index in [2.05, 4.69) is 28.5 Å². The monoisotopic (exact) mass is 391 g/mol. The zero-order chi connectivity index (χ0) is 20.2. The minimum Gasteiger partial charge on any atom is -0.480 e. The molecule has 0 bridgehead atoms. The molecular formula is C23H25N3O3. The summed E-state index contributed by atoms with van der Waals surface area (Å²) in [7, 11) is 0. The van der Waals surface area contributed by atoms with Crippen LogP contribution in [-0.4, -0.2) is 52.5 Å². The summed E-state index contributed by atoms with van der Waals surface area (Å²) >= 11 is 0. The van der Waals surface area contributed by atoms with E-state index in [1.54, 1.807) is 4.90 Å². The first kappa shape index (κ1) is 19.2. The molecule has 2 aromatic carbocycles. The van der Waals surface area contributed by atoms with Crippen molar-refractivity contribution in [1.82, 2.24) is 15.2 Å². The largest absolute Gasteiger partial charge is 0.480 e. The molecular weight excluding hydrogens is 366 g/mol. The molecule has 2 heterocycles. The fourth-order valence-electron chi connectivity index (χ4n) is 4.23. The number of carboxylic acid groups (broad SMARTS) is 1. The lowest BCUT2D eigenvalue weighted by atomic mass is 9.91. The predicted octanol–water partition coefficient (Wildman–Crippen LogP) is 2.97. The number of carbonyl (C=O) groups is 2. The molecule has 1 aliphatic rings. The molecule has 1 saturated heterocycles. The SMILES string of the molecule is O=C(CN1CCCC1C(=O)O)NCC(c1ccccc1)c1c[nH]c2ccccc12. The van der Waals surface area contributed by atoms with Crippen molar-refractivity contribution in [3.8, 4) is 0 Å². The van der Waals surface area contributed by atoms with Gasteiger partial charge in [-0.3, -0.25) is 14.5 Å². The van der Waals surface area contributed by atoms with E-state index in [9.17, 15) is 14.7 Å². The normalized spacial score (nSPS) is 18.0. The van der Waals surface area contributed by atoms with Crippen molar-refractivity contribution >= 4 is 22.8 Å². The van der Waals surface area contributed by atoms with Crippen LogP contribution in [-0.2, 0) is 9.59 Å². The van der Waals surface area contributed by atoms with E-state index in [1.807, 2.05) is 42.6 Å². The molecule has 0 spiro atoms. The van der Waals surface area contributed by atoms with Gasteiger partial charge in [-0.1, -0.05) is 48.5 Å². The molecule has 6 heteroatoms. The first-order valence-electron chi connectivity index (χ1n) is 9.98. The number of para-hydroxylation sites is 1. The Morgan fingerprint density at radius 2 is 1.90 bits per heavy atom. The van der Waals surface area contributed by atoms with Crippen molar-refractivity contribution in [2.24, 2.45) is 0 Å². The fraction of sp³-hybridized carbons (Fsp3) is 0.304. The number of benzene rings is 2. The van der Waals surface area contributed by atoms with Gasteiger partial charge in [0.05, 0.1) is 6.54 Å². The smallest absolute Gasteiger partial charge is 0.320 e. The average Bonchev–Trinajstić information content (AvgIpc) is 3.36. The molecule has 4 rings (SSSR count). The number of rotatable bonds is 7. The molecule has 29 heavy (non-hydrogen) atoms. The van der Waals surface area contributed by atoms with Crippen molar-refractivity contribution in [2.75, 3.05) is 19.6 Å². The van der Waals surface area contributed by atoms with Crippen LogP contribution in [0.25, 0.3) is 10.9 Å². The summed E-state index contributed by atoms with van der Waals surface area (Å²) in [6.07, 6.45) is 3.42. The lowest BCUT2D eigenvalue weighted by Gasteiger charge is -2.22. The number of aromatic amines is 1. The van der Waals surface area contributed by atoms with E-state index in [-0.39, 0.29) is 18.4 Å². The zero-order valence-corrected chi connectivity index (χ0v) is 16.2. The average molecular weight is 391 g/mol. The molecule has 150 valence electrons. The van der Waals surface area contributed by atoms with Crippen LogP contribution in [0.1, 0.15) is 29.9 Å². The van der Waals surface area contributed by atoms with Gasteiger partial charge in [0.15, 0.2) is 0 Å². The Labute approximate surface area is 169 Å². The molecule has 2 atom stereocenters. The third kappa shape index (κ3) is 4.17. The number of amides is 1. The van der Waals surface area contributed by atoms with Crippen molar-refractivity contribution in [3.05, 3.63) is 71.9 Å². The number of aromatic nitrogens is 1. The van der Waals surface area contributed by atoms with E-state index < -0.39 is 12.0 Å². The van der Waals surface area contributed by atoms with Gasteiger partial charge in [0, 0.05) is 29.6 Å². The Hall–Kier alpha value is -3.12. The van der Waals surface area contributed by atoms with E-state index in [4.69, 9.17) is 0 Å². The molecule has 1 aliphatic heterocycles. The standard InChI is InChI=1S/C23H25N3O3/c27-22(15-26-12-6-11-21(26)23(28)29)25-13-18(16-7-2-1-3-8-16)19-14-24-20-10-5-4-9-17(19)20/h1-5,7-10,14,18,21,24H,6,11-13,15H2,(H,25,27)(H,28,29). The highest BCUT2D eigenvalue weighted by atomic mass is 16.4. The number of H-pyrrole nitrogens is 1. The van der Waals surface area contributed by atoms with Crippen LogP contribution in [0.5, 0.6) is 0 Å². The minimum atomic E-state index is -0.851. The van der Waals surface area contributed by atoms with Gasteiger partial charge >= 0.3 is 5.97 Å². The quantitative estimate of drug-likeness (QED) is 0.578. The predicted molar refractivity (Wildman–Crippen MR) is 112 cm³/mol. The zero-order valence-electron chi connectivity index (χ0n) is 16.2. The van der Waals surface area contributed by atoms with Crippen molar-refractivity contribution in [1.29, 1.82) is 0 Å². The molecule has 0 saturated carbocycles. The van der Waals surface area contributed by atoms with Crippen LogP contribution in [0.2, 0.25) is 0 Å². The molecule has 1 amide bonds. The summed E-state index contributed by atoms with van der Waals surface area (Å²) in [5.74, 6) is -0.986. The molecule has 3 aromatic rings. The maximum absolute atomic E-state index is 12.6. The second-order valence-electron chi connectivity index (χ2n) is 7.52. The van der Waals surface area contributed by atoms with Gasteiger partial charge in [0.2, 0.25) is 5.91 Å². The molecule has 6 nitrogen and oxygen atoms in total. The molecule has 0 aliphatic carbocycles. The third-order valence-corrected chi connectivity index (χ3v) is 5.70. The Morgan fingerprint density at radius 3 is 2.69 bits per heavy atom. The molecule has 2 unspecified atom stereocenters. The minimum absolute atomic E-state index is 0.00477. The Bertz CT molecular complexity index is 999. The van der Waals surface area contributed by atoms with Crippen molar-refractivity contribution in [3.63, 3.8) is 0 Å². The molecule has 3 N–H and O–H groups in total. The fourth-order valence-corrected chi connectivity index (χ4v) is 4.23. The van der Waals surface area contributed by atoms with E-state index in [0.717, 1.165) is 28.5 Å². The highest BCUT2D eigenvalue weighted by Crippen LogP contribution is 2.30. The number of carbonyl (C=O) groups excluding carboxylic acids is 1. The van der Waals surface area contributed by atoms with E-state index >= 15 is 0 Å². The Kier molecular flexibility index (Phi) is 5.62. The number of carboxylic acids is 1. The third-order valence-electron chi connectivity index (χ3n) is 5.70. The van der Waals surface area contributed by atoms with Crippen LogP contribution >= 0.6 is 0 Å². The molecule has 1 aromatic heterocycles. The second-order valence-corrected chi connectivity index (χ2v) is 7.52. The number of fused-ring (bicyclic) bond motifs is 1. The summed E-state index contributed by atoms with van der Waals surface area (Å²) in [6, 6.07) is 17.7. The van der Waals surface area contributed by atoms with Crippen LogP contribution in [0.4, 0.5) is 0 Å². The van der Waals surface area contributed by atoms with Gasteiger partial charge < -0.3 is 15.4 Å². The topological polar surface area (TPSA) is 85.4 Å². The van der Waals surface area contributed by atoms with Crippen molar-refractivity contribution < 1.29 is 14.7 Å². The van der Waals surface area contributed by atoms with Gasteiger partial charge in [-0.25, -0.2) is 0 Å². The highest BCUT2D eigenvalue weighted by molar-refractivity contribution is 5.84. The number of aliphatic carboxylic acids is 1. The Morgan fingerprint density at radius 1 is 1.14 bits per heavy atom. The van der Waals surface area contributed by atoms with Gasteiger partial charge in [0.25, 0.3) is 0 Å². The highest BCUT2D eigenvalue weighted by Gasteiger charge is 2.31. The number of likely N-dealkylation sites (tertiary alicyclic amines) is 1. The van der Waals surface area contributed by atoms with E-state index in [0.29, 0.717) is 19.5 Å². The van der Waals surface area contributed by atoms with Crippen LogP contribution in [0.3, 0.4) is 0 Å². The molecule has 0 radical (unpaired) electrons. The Balaban J connectivity index is 1.51. The number of hydrogen-bond donors (Lipinski definition) is 3. The van der Waals surface area contributed by atoms with Crippen molar-refractivity contribution in [2.45, 2.75) is 24.8 Å². The summed E-state index contributed by atoms with van der Waals surface area (Å²) in [5.41, 5.74) is 3.33. The summed E-state index contributed by atoms with van der Waals surface area (Å²) in [4.78, 5) is 29.0. The number of nitrogens with one attached hydrogen (secondary N) is 2. The molecule has 1 fully saturated rings.